The summed E-state index contributed by atoms with van der Waals surface area (Å²) >= 11 is 0. The van der Waals surface area contributed by atoms with E-state index in [4.69, 9.17) is 14.2 Å². The van der Waals surface area contributed by atoms with Crippen molar-refractivity contribution in [2.24, 2.45) is 17.3 Å². The molecule has 2 aromatic carbocycles. The van der Waals surface area contributed by atoms with Gasteiger partial charge in [-0.05, 0) is 70.2 Å². The molecule has 0 saturated carbocycles. The van der Waals surface area contributed by atoms with Crippen LogP contribution in [0.3, 0.4) is 0 Å². The van der Waals surface area contributed by atoms with Gasteiger partial charge in [0.05, 0.1) is 12.5 Å². The van der Waals surface area contributed by atoms with Gasteiger partial charge in [-0.15, -0.1) is 5.92 Å². The van der Waals surface area contributed by atoms with E-state index in [1.165, 1.54) is 0 Å². The van der Waals surface area contributed by atoms with Crippen LogP contribution in [0, 0.1) is 29.1 Å². The number of carbonyl (C=O) groups excluding carboxylic acids is 3. The SMILES string of the molecule is CC(C)C[C@@H](C(=O)OCc1ccccc1)C(CC#CCN1CCCC1)(C(=O)OCc1ccccc1)C(=O)OC(C)(C)C. The molecule has 1 fully saturated rings. The molecule has 1 heterocycles. The average Bonchev–Trinajstić information content (AvgIpc) is 3.47. The van der Waals surface area contributed by atoms with E-state index in [0.29, 0.717) is 6.54 Å². The first-order valence-corrected chi connectivity index (χ1v) is 14.8. The molecule has 3 rings (SSSR count). The van der Waals surface area contributed by atoms with Crippen LogP contribution in [0.15, 0.2) is 60.7 Å². The van der Waals surface area contributed by atoms with Gasteiger partial charge in [-0.1, -0.05) is 80.4 Å². The number of benzene rings is 2. The summed E-state index contributed by atoms with van der Waals surface area (Å²) < 4.78 is 17.4. The number of hydrogen-bond acceptors (Lipinski definition) is 7. The molecule has 1 aliphatic rings. The van der Waals surface area contributed by atoms with Crippen molar-refractivity contribution >= 4 is 17.9 Å². The summed E-state index contributed by atoms with van der Waals surface area (Å²) in [5.41, 5.74) is -1.37. The van der Waals surface area contributed by atoms with Gasteiger partial charge in [0, 0.05) is 6.42 Å². The van der Waals surface area contributed by atoms with E-state index in [2.05, 4.69) is 16.7 Å². The highest BCUT2D eigenvalue weighted by molar-refractivity contribution is 6.04. The van der Waals surface area contributed by atoms with E-state index in [-0.39, 0.29) is 32.0 Å². The second-order valence-electron chi connectivity index (χ2n) is 12.3. The minimum Gasteiger partial charge on any atom is -0.461 e. The lowest BCUT2D eigenvalue weighted by atomic mass is 9.69. The second-order valence-corrected chi connectivity index (χ2v) is 12.3. The molecule has 1 saturated heterocycles. The van der Waals surface area contributed by atoms with E-state index < -0.39 is 34.8 Å². The maximum atomic E-state index is 14.2. The van der Waals surface area contributed by atoms with Crippen molar-refractivity contribution in [3.8, 4) is 11.8 Å². The molecular weight excluding hydrogens is 530 g/mol. The van der Waals surface area contributed by atoms with E-state index in [1.54, 1.807) is 20.8 Å². The molecule has 0 aliphatic carbocycles. The molecule has 1 unspecified atom stereocenters. The van der Waals surface area contributed by atoms with Crippen LogP contribution in [0.25, 0.3) is 0 Å². The van der Waals surface area contributed by atoms with E-state index in [9.17, 15) is 14.4 Å². The molecule has 7 heteroatoms. The van der Waals surface area contributed by atoms with Crippen molar-refractivity contribution in [1.29, 1.82) is 0 Å². The van der Waals surface area contributed by atoms with Gasteiger partial charge in [-0.2, -0.15) is 0 Å². The molecule has 0 spiro atoms. The number of nitrogens with zero attached hydrogens (tertiary/aromatic N) is 1. The van der Waals surface area contributed by atoms with Crippen molar-refractivity contribution in [3.63, 3.8) is 0 Å². The topological polar surface area (TPSA) is 82.1 Å². The second kappa shape index (κ2) is 15.6. The largest absolute Gasteiger partial charge is 0.461 e. The Morgan fingerprint density at radius 2 is 1.36 bits per heavy atom. The van der Waals surface area contributed by atoms with Crippen LogP contribution < -0.4 is 0 Å². The molecule has 2 atom stereocenters. The highest BCUT2D eigenvalue weighted by atomic mass is 16.6. The number of rotatable bonds is 12. The van der Waals surface area contributed by atoms with Crippen LogP contribution >= 0.6 is 0 Å². The Morgan fingerprint density at radius 1 is 0.810 bits per heavy atom. The molecule has 0 amide bonds. The zero-order valence-electron chi connectivity index (χ0n) is 25.7. The van der Waals surface area contributed by atoms with Gasteiger partial charge in [-0.3, -0.25) is 19.3 Å². The zero-order valence-corrected chi connectivity index (χ0v) is 25.7. The highest BCUT2D eigenvalue weighted by Crippen LogP contribution is 2.41. The predicted molar refractivity (Wildman–Crippen MR) is 162 cm³/mol. The van der Waals surface area contributed by atoms with Crippen LogP contribution in [0.2, 0.25) is 0 Å². The Bertz CT molecular complexity index is 1220. The molecule has 0 aromatic heterocycles. The van der Waals surface area contributed by atoms with Gasteiger partial charge < -0.3 is 14.2 Å². The van der Waals surface area contributed by atoms with E-state index in [0.717, 1.165) is 37.1 Å². The summed E-state index contributed by atoms with van der Waals surface area (Å²) in [6, 6.07) is 18.5. The van der Waals surface area contributed by atoms with Crippen LogP contribution in [-0.2, 0) is 41.8 Å². The third kappa shape index (κ3) is 9.73. The molecule has 0 bridgehead atoms. The van der Waals surface area contributed by atoms with E-state index >= 15 is 0 Å². The van der Waals surface area contributed by atoms with Crippen LogP contribution in [0.1, 0.15) is 71.4 Å². The van der Waals surface area contributed by atoms with Gasteiger partial charge in [-0.25, -0.2) is 0 Å². The molecule has 1 aliphatic heterocycles. The van der Waals surface area contributed by atoms with Crippen molar-refractivity contribution < 1.29 is 28.6 Å². The van der Waals surface area contributed by atoms with Crippen molar-refractivity contribution in [3.05, 3.63) is 71.8 Å². The first-order valence-electron chi connectivity index (χ1n) is 14.8. The molecule has 0 radical (unpaired) electrons. The maximum absolute atomic E-state index is 14.2. The Hall–Kier alpha value is -3.63. The number of likely N-dealkylation sites (tertiary alicyclic amines) is 1. The number of ether oxygens (including phenoxy) is 3. The molecule has 0 N–H and O–H groups in total. The molecule has 2 aromatic rings. The first-order chi connectivity index (χ1) is 20.0. The lowest BCUT2D eigenvalue weighted by Crippen LogP contribution is -2.52. The summed E-state index contributed by atoms with van der Waals surface area (Å²) in [5, 5.41) is 0. The third-order valence-corrected chi connectivity index (χ3v) is 7.14. The van der Waals surface area contributed by atoms with Gasteiger partial charge in [0.2, 0.25) is 0 Å². The van der Waals surface area contributed by atoms with Crippen LogP contribution in [0.5, 0.6) is 0 Å². The summed E-state index contributed by atoms with van der Waals surface area (Å²) in [4.78, 5) is 44.5. The summed E-state index contributed by atoms with van der Waals surface area (Å²) in [5.74, 6) is 2.70. The fourth-order valence-corrected chi connectivity index (χ4v) is 4.97. The number of carbonyl (C=O) groups is 3. The monoisotopic (exact) mass is 575 g/mol. The summed E-state index contributed by atoms with van der Waals surface area (Å²) in [6.07, 6.45) is 2.24. The molecule has 226 valence electrons. The Morgan fingerprint density at radius 3 is 1.88 bits per heavy atom. The Kier molecular flexibility index (Phi) is 12.2. The molecular formula is C35H45NO6. The fourth-order valence-electron chi connectivity index (χ4n) is 4.97. The zero-order chi connectivity index (χ0) is 30.6. The molecule has 7 nitrogen and oxygen atoms in total. The summed E-state index contributed by atoms with van der Waals surface area (Å²) in [6.45, 7) is 11.5. The third-order valence-electron chi connectivity index (χ3n) is 7.14. The van der Waals surface area contributed by atoms with Crippen molar-refractivity contribution in [2.75, 3.05) is 19.6 Å². The van der Waals surface area contributed by atoms with E-state index in [1.807, 2.05) is 74.5 Å². The number of esters is 3. The predicted octanol–water partition coefficient (Wildman–Crippen LogP) is 5.95. The minimum atomic E-state index is -2.02. The Labute approximate surface area is 250 Å². The smallest absolute Gasteiger partial charge is 0.325 e. The van der Waals surface area contributed by atoms with Gasteiger partial charge in [0.15, 0.2) is 5.41 Å². The standard InChI is InChI=1S/C35H45NO6/c1-27(2)24-30(31(37)40-25-28-16-8-6-9-17-28)35(33(39)42-34(3,4)5,20-12-13-21-36-22-14-15-23-36)32(38)41-26-29-18-10-7-11-19-29/h6-11,16-19,27,30H,14-15,20-26H2,1-5H3/t30-,35?/m0/s1. The van der Waals surface area contributed by atoms with Crippen LogP contribution in [-0.4, -0.2) is 48.0 Å². The van der Waals surface area contributed by atoms with Crippen LogP contribution in [0.4, 0.5) is 0 Å². The quantitative estimate of drug-likeness (QED) is 0.134. The average molecular weight is 576 g/mol. The maximum Gasteiger partial charge on any atom is 0.325 e. The Balaban J connectivity index is 2.03. The lowest BCUT2D eigenvalue weighted by molar-refractivity contribution is -0.191. The lowest BCUT2D eigenvalue weighted by Gasteiger charge is -2.36. The van der Waals surface area contributed by atoms with Gasteiger partial charge in [0.25, 0.3) is 0 Å². The highest BCUT2D eigenvalue weighted by Gasteiger charge is 2.58. The minimum absolute atomic E-state index is 0.0123. The van der Waals surface area contributed by atoms with Gasteiger partial charge in [0.1, 0.15) is 18.8 Å². The summed E-state index contributed by atoms with van der Waals surface area (Å²) in [7, 11) is 0. The number of hydrogen-bond donors (Lipinski definition) is 0. The fraction of sp³-hybridized carbons (Fsp3) is 0.514. The molecule has 42 heavy (non-hydrogen) atoms. The van der Waals surface area contributed by atoms with Gasteiger partial charge >= 0.3 is 17.9 Å². The van der Waals surface area contributed by atoms with Crippen molar-refractivity contribution in [1.82, 2.24) is 4.90 Å². The first kappa shape index (κ1) is 32.9. The van der Waals surface area contributed by atoms with Crippen molar-refractivity contribution in [2.45, 2.75) is 79.1 Å². The normalized spacial score (nSPS) is 15.7.